The van der Waals surface area contributed by atoms with Crippen molar-refractivity contribution in [3.05, 3.63) is 35.4 Å². The maximum Gasteiger partial charge on any atom is 0.0771 e. The summed E-state index contributed by atoms with van der Waals surface area (Å²) in [5, 5.41) is 8.05. The lowest BCUT2D eigenvalue weighted by Crippen LogP contribution is -2.11. The lowest BCUT2D eigenvalue weighted by Gasteiger charge is -2.13. The Balaban J connectivity index is 2.77. The number of aliphatic hydroxyl groups excluding tert-OH is 1. The van der Waals surface area contributed by atoms with Crippen LogP contribution < -0.4 is 0 Å². The fourth-order valence-electron chi connectivity index (χ4n) is 1.05. The summed E-state index contributed by atoms with van der Waals surface area (Å²) in [6.45, 7) is 1.90. The maximum atomic E-state index is 8.80. The van der Waals surface area contributed by atoms with Gasteiger partial charge in [0.25, 0.3) is 0 Å². The van der Waals surface area contributed by atoms with Crippen LogP contribution in [-0.4, -0.2) is 17.1 Å². The Hall–Kier alpha value is -0.240. The first kappa shape index (κ1) is 10.8. The van der Waals surface area contributed by atoms with Gasteiger partial charge in [0.1, 0.15) is 0 Å². The van der Waals surface area contributed by atoms with Crippen LogP contribution in [0.1, 0.15) is 16.5 Å². The molecule has 1 N–H and O–H groups in total. The van der Waals surface area contributed by atoms with Gasteiger partial charge in [0.2, 0.25) is 0 Å². The van der Waals surface area contributed by atoms with E-state index in [4.69, 9.17) is 28.3 Å². The molecule has 0 fully saturated rings. The summed E-state index contributed by atoms with van der Waals surface area (Å²) < 4.78 is 0. The molecule has 13 heavy (non-hydrogen) atoms. The Kier molecular flexibility index (Phi) is 4.04. The molecule has 0 unspecified atom stereocenters. The quantitative estimate of drug-likeness (QED) is 0.775. The van der Waals surface area contributed by atoms with Gasteiger partial charge in [0.15, 0.2) is 0 Å². The second-order valence-corrected chi connectivity index (χ2v) is 4.04. The number of rotatable bonds is 3. The zero-order chi connectivity index (χ0) is 9.84. The largest absolute Gasteiger partial charge is 0.395 e. The highest BCUT2D eigenvalue weighted by atomic mass is 35.5. The SMILES string of the molecule is Cc1ccc([C@@H](Cl)[C@@H](Cl)CO)cc1. The van der Waals surface area contributed by atoms with E-state index in [0.29, 0.717) is 0 Å². The molecule has 3 heteroatoms. The van der Waals surface area contributed by atoms with Gasteiger partial charge in [-0.2, -0.15) is 0 Å². The third kappa shape index (κ3) is 2.87. The van der Waals surface area contributed by atoms with Crippen molar-refractivity contribution < 1.29 is 5.11 Å². The molecule has 2 atom stereocenters. The molecular weight excluding hydrogens is 207 g/mol. The number of hydrogen-bond acceptors (Lipinski definition) is 1. The molecule has 0 spiro atoms. The Labute approximate surface area is 88.3 Å². The van der Waals surface area contributed by atoms with Crippen LogP contribution >= 0.6 is 23.2 Å². The maximum absolute atomic E-state index is 8.80. The average Bonchev–Trinajstić information content (AvgIpc) is 2.17. The normalized spacial score (nSPS) is 15.4. The monoisotopic (exact) mass is 218 g/mol. The molecule has 0 aromatic heterocycles. The Morgan fingerprint density at radius 2 is 1.77 bits per heavy atom. The van der Waals surface area contributed by atoms with Crippen LogP contribution in [0, 0.1) is 6.92 Å². The summed E-state index contributed by atoms with van der Waals surface area (Å²) >= 11 is 11.8. The molecule has 0 amide bonds. The van der Waals surface area contributed by atoms with Crippen molar-refractivity contribution in [2.45, 2.75) is 17.7 Å². The molecule has 0 heterocycles. The zero-order valence-electron chi connectivity index (χ0n) is 7.37. The van der Waals surface area contributed by atoms with Gasteiger partial charge in [-0.25, -0.2) is 0 Å². The molecule has 72 valence electrons. The van der Waals surface area contributed by atoms with E-state index in [-0.39, 0.29) is 12.0 Å². The van der Waals surface area contributed by atoms with Gasteiger partial charge in [-0.15, -0.1) is 23.2 Å². The Morgan fingerprint density at radius 1 is 1.23 bits per heavy atom. The fraction of sp³-hybridized carbons (Fsp3) is 0.400. The summed E-state index contributed by atoms with van der Waals surface area (Å²) in [4.78, 5) is 0. The molecule has 1 nitrogen and oxygen atoms in total. The van der Waals surface area contributed by atoms with E-state index in [0.717, 1.165) is 5.56 Å². The van der Waals surface area contributed by atoms with Crippen LogP contribution in [0.15, 0.2) is 24.3 Å². The second-order valence-electron chi connectivity index (χ2n) is 3.01. The molecule has 0 aliphatic heterocycles. The number of alkyl halides is 2. The van der Waals surface area contributed by atoms with Gasteiger partial charge >= 0.3 is 0 Å². The first-order valence-corrected chi connectivity index (χ1v) is 4.98. The number of benzene rings is 1. The van der Waals surface area contributed by atoms with E-state index in [2.05, 4.69) is 0 Å². The van der Waals surface area contributed by atoms with Gasteiger partial charge in [-0.05, 0) is 12.5 Å². The zero-order valence-corrected chi connectivity index (χ0v) is 8.89. The summed E-state index contributed by atoms with van der Waals surface area (Å²) in [5.41, 5.74) is 2.13. The number of aryl methyl sites for hydroxylation is 1. The minimum atomic E-state index is -0.427. The molecule has 0 saturated heterocycles. The van der Waals surface area contributed by atoms with Crippen molar-refractivity contribution in [1.82, 2.24) is 0 Å². The summed E-state index contributed by atoms with van der Waals surface area (Å²) in [5.74, 6) is 0. The first-order valence-electron chi connectivity index (χ1n) is 4.10. The third-order valence-corrected chi connectivity index (χ3v) is 2.96. The second kappa shape index (κ2) is 4.85. The van der Waals surface area contributed by atoms with Gasteiger partial charge in [0, 0.05) is 0 Å². The van der Waals surface area contributed by atoms with Crippen molar-refractivity contribution in [3.63, 3.8) is 0 Å². The summed E-state index contributed by atoms with van der Waals surface area (Å²) in [7, 11) is 0. The first-order chi connectivity index (χ1) is 6.15. The lowest BCUT2D eigenvalue weighted by atomic mass is 10.1. The van der Waals surface area contributed by atoms with E-state index in [1.165, 1.54) is 5.56 Å². The fourth-order valence-corrected chi connectivity index (χ4v) is 1.42. The van der Waals surface area contributed by atoms with Crippen molar-refractivity contribution in [3.8, 4) is 0 Å². The minimum absolute atomic E-state index is 0.108. The smallest absolute Gasteiger partial charge is 0.0771 e. The molecule has 1 rings (SSSR count). The van der Waals surface area contributed by atoms with Crippen molar-refractivity contribution in [1.29, 1.82) is 0 Å². The van der Waals surface area contributed by atoms with Crippen LogP contribution in [0.5, 0.6) is 0 Å². The minimum Gasteiger partial charge on any atom is -0.395 e. The van der Waals surface area contributed by atoms with Gasteiger partial charge in [0.05, 0.1) is 17.4 Å². The number of halogens is 2. The molecular formula is C10H12Cl2O. The van der Waals surface area contributed by atoms with Crippen molar-refractivity contribution in [2.75, 3.05) is 6.61 Å². The van der Waals surface area contributed by atoms with Crippen LogP contribution in [0.25, 0.3) is 0 Å². The number of hydrogen-bond donors (Lipinski definition) is 1. The molecule has 0 bridgehead atoms. The number of aliphatic hydroxyl groups is 1. The van der Waals surface area contributed by atoms with E-state index < -0.39 is 5.38 Å². The van der Waals surface area contributed by atoms with E-state index in [1.54, 1.807) is 0 Å². The molecule has 0 aliphatic carbocycles. The van der Waals surface area contributed by atoms with E-state index >= 15 is 0 Å². The predicted molar refractivity (Wildman–Crippen MR) is 56.5 cm³/mol. The molecule has 0 aliphatic rings. The van der Waals surface area contributed by atoms with Gasteiger partial charge in [-0.1, -0.05) is 29.8 Å². The van der Waals surface area contributed by atoms with Gasteiger partial charge in [-0.3, -0.25) is 0 Å². The van der Waals surface area contributed by atoms with Gasteiger partial charge < -0.3 is 5.11 Å². The van der Waals surface area contributed by atoms with Crippen LogP contribution in [0.4, 0.5) is 0 Å². The standard InChI is InChI=1S/C10H12Cl2O/c1-7-2-4-8(5-3-7)10(12)9(11)6-13/h2-5,9-10,13H,6H2,1H3/t9-,10+/m0/s1. The average molecular weight is 219 g/mol. The van der Waals surface area contributed by atoms with Crippen molar-refractivity contribution >= 4 is 23.2 Å². The summed E-state index contributed by atoms with van der Waals surface area (Å²) in [6.07, 6.45) is 0. The van der Waals surface area contributed by atoms with E-state index in [9.17, 15) is 0 Å². The molecule has 0 saturated carbocycles. The Morgan fingerprint density at radius 3 is 2.23 bits per heavy atom. The topological polar surface area (TPSA) is 20.2 Å². The van der Waals surface area contributed by atoms with Crippen LogP contribution in [0.3, 0.4) is 0 Å². The highest BCUT2D eigenvalue weighted by molar-refractivity contribution is 6.30. The molecule has 0 radical (unpaired) electrons. The van der Waals surface area contributed by atoms with E-state index in [1.807, 2.05) is 31.2 Å². The van der Waals surface area contributed by atoms with Crippen LogP contribution in [-0.2, 0) is 0 Å². The molecule has 1 aromatic carbocycles. The van der Waals surface area contributed by atoms with Crippen molar-refractivity contribution in [2.24, 2.45) is 0 Å². The highest BCUT2D eigenvalue weighted by Crippen LogP contribution is 2.27. The Bertz CT molecular complexity index is 258. The highest BCUT2D eigenvalue weighted by Gasteiger charge is 2.17. The third-order valence-electron chi connectivity index (χ3n) is 1.89. The summed E-state index contributed by atoms with van der Waals surface area (Å²) in [6, 6.07) is 7.81. The molecule has 1 aromatic rings. The van der Waals surface area contributed by atoms with Crippen LogP contribution in [0.2, 0.25) is 0 Å². The predicted octanol–water partition coefficient (Wildman–Crippen LogP) is 2.87. The lowest BCUT2D eigenvalue weighted by molar-refractivity contribution is 0.290.